The standard InChI is InChI=1S/C13H24N4O/c1-6-10-15-11(14-7-2)9(3)12(16-10)17-13(4,5)8-18/h18H,6-8H2,1-5H3,(H2,14,15,16,17). The number of aryl methyl sites for hydroxylation is 1. The highest BCUT2D eigenvalue weighted by Crippen LogP contribution is 2.23. The van der Waals surface area contributed by atoms with Crippen molar-refractivity contribution in [1.29, 1.82) is 0 Å². The molecule has 0 amide bonds. The van der Waals surface area contributed by atoms with Gasteiger partial charge in [-0.3, -0.25) is 0 Å². The molecule has 18 heavy (non-hydrogen) atoms. The van der Waals surface area contributed by atoms with E-state index in [1.807, 2.05) is 34.6 Å². The number of aliphatic hydroxyl groups excluding tert-OH is 1. The van der Waals surface area contributed by atoms with E-state index in [0.717, 1.165) is 36.0 Å². The lowest BCUT2D eigenvalue weighted by Crippen LogP contribution is -2.36. The summed E-state index contributed by atoms with van der Waals surface area (Å²) in [5.74, 6) is 2.45. The van der Waals surface area contributed by atoms with Crippen molar-refractivity contribution in [3.05, 3.63) is 11.4 Å². The molecule has 0 spiro atoms. The first-order valence-corrected chi connectivity index (χ1v) is 6.44. The Bertz CT molecular complexity index is 404. The third kappa shape index (κ3) is 3.57. The summed E-state index contributed by atoms with van der Waals surface area (Å²) in [7, 11) is 0. The zero-order valence-electron chi connectivity index (χ0n) is 12.0. The van der Waals surface area contributed by atoms with Gasteiger partial charge in [0.2, 0.25) is 0 Å². The second-order valence-electron chi connectivity index (χ2n) is 5.01. The maximum atomic E-state index is 9.32. The summed E-state index contributed by atoms with van der Waals surface area (Å²) in [5, 5.41) is 15.8. The van der Waals surface area contributed by atoms with Crippen molar-refractivity contribution in [2.24, 2.45) is 0 Å². The first-order valence-electron chi connectivity index (χ1n) is 6.44. The van der Waals surface area contributed by atoms with Crippen LogP contribution in [0.1, 0.15) is 39.1 Å². The molecule has 0 aliphatic carbocycles. The van der Waals surface area contributed by atoms with Crippen molar-refractivity contribution in [1.82, 2.24) is 9.97 Å². The van der Waals surface area contributed by atoms with E-state index in [9.17, 15) is 5.11 Å². The minimum absolute atomic E-state index is 0.0500. The Balaban J connectivity index is 3.13. The van der Waals surface area contributed by atoms with E-state index in [4.69, 9.17) is 0 Å². The molecule has 3 N–H and O–H groups in total. The lowest BCUT2D eigenvalue weighted by atomic mass is 10.1. The second kappa shape index (κ2) is 6.00. The van der Waals surface area contributed by atoms with Crippen LogP contribution in [0.3, 0.4) is 0 Å². The van der Waals surface area contributed by atoms with Gasteiger partial charge in [0.1, 0.15) is 17.5 Å². The second-order valence-corrected chi connectivity index (χ2v) is 5.01. The van der Waals surface area contributed by atoms with Crippen molar-refractivity contribution in [3.63, 3.8) is 0 Å². The van der Waals surface area contributed by atoms with Crippen LogP contribution in [0.4, 0.5) is 11.6 Å². The third-order valence-electron chi connectivity index (χ3n) is 2.70. The molecule has 1 aromatic heterocycles. The molecule has 5 nitrogen and oxygen atoms in total. The number of aliphatic hydroxyl groups is 1. The van der Waals surface area contributed by atoms with Crippen LogP contribution < -0.4 is 10.6 Å². The predicted octanol–water partition coefficient (Wildman–Crippen LogP) is 1.96. The maximum Gasteiger partial charge on any atom is 0.135 e. The Morgan fingerprint density at radius 1 is 1.17 bits per heavy atom. The molecule has 0 saturated carbocycles. The third-order valence-corrected chi connectivity index (χ3v) is 2.70. The van der Waals surface area contributed by atoms with E-state index in [-0.39, 0.29) is 6.61 Å². The van der Waals surface area contributed by atoms with Crippen molar-refractivity contribution in [2.45, 2.75) is 46.6 Å². The Hall–Kier alpha value is -1.36. The first kappa shape index (κ1) is 14.7. The molecule has 0 bridgehead atoms. The van der Waals surface area contributed by atoms with E-state index in [1.165, 1.54) is 0 Å². The van der Waals surface area contributed by atoms with Gasteiger partial charge in [-0.25, -0.2) is 9.97 Å². The van der Waals surface area contributed by atoms with Crippen LogP contribution in [0.25, 0.3) is 0 Å². The normalized spacial score (nSPS) is 11.4. The van der Waals surface area contributed by atoms with Crippen molar-refractivity contribution in [2.75, 3.05) is 23.8 Å². The molecule has 102 valence electrons. The Kier molecular flexibility index (Phi) is 4.90. The summed E-state index contributed by atoms with van der Waals surface area (Å²) in [4.78, 5) is 8.97. The molecule has 0 aromatic carbocycles. The largest absolute Gasteiger partial charge is 0.394 e. The minimum Gasteiger partial charge on any atom is -0.394 e. The molecule has 0 radical (unpaired) electrons. The van der Waals surface area contributed by atoms with Crippen LogP contribution in [0.15, 0.2) is 0 Å². The van der Waals surface area contributed by atoms with Gasteiger partial charge < -0.3 is 15.7 Å². The van der Waals surface area contributed by atoms with Crippen molar-refractivity contribution in [3.8, 4) is 0 Å². The van der Waals surface area contributed by atoms with Crippen LogP contribution in [-0.2, 0) is 6.42 Å². The monoisotopic (exact) mass is 252 g/mol. The molecule has 5 heteroatoms. The van der Waals surface area contributed by atoms with Crippen LogP contribution in [-0.4, -0.2) is 33.8 Å². The lowest BCUT2D eigenvalue weighted by Gasteiger charge is -2.26. The highest BCUT2D eigenvalue weighted by Gasteiger charge is 2.19. The Morgan fingerprint density at radius 3 is 2.28 bits per heavy atom. The van der Waals surface area contributed by atoms with E-state index in [2.05, 4.69) is 20.6 Å². The molecule has 1 rings (SSSR count). The lowest BCUT2D eigenvalue weighted by molar-refractivity contribution is 0.234. The topological polar surface area (TPSA) is 70.1 Å². The molecular weight excluding hydrogens is 228 g/mol. The average molecular weight is 252 g/mol. The summed E-state index contributed by atoms with van der Waals surface area (Å²) in [6.07, 6.45) is 0.785. The number of aromatic nitrogens is 2. The number of hydrogen-bond donors (Lipinski definition) is 3. The number of rotatable bonds is 6. The number of anilines is 2. The zero-order valence-corrected chi connectivity index (χ0v) is 12.0. The molecule has 1 heterocycles. The molecule has 1 aromatic rings. The van der Waals surface area contributed by atoms with Gasteiger partial charge in [0.15, 0.2) is 0 Å². The molecule has 0 aliphatic rings. The SMILES string of the molecule is CCNc1nc(CC)nc(NC(C)(C)CO)c1C. The van der Waals surface area contributed by atoms with Gasteiger partial charge in [0, 0.05) is 18.5 Å². The molecule has 0 aliphatic heterocycles. The first-order chi connectivity index (χ1) is 8.43. The fourth-order valence-electron chi connectivity index (χ4n) is 1.54. The van der Waals surface area contributed by atoms with Crippen LogP contribution in [0.2, 0.25) is 0 Å². The van der Waals surface area contributed by atoms with Crippen LogP contribution >= 0.6 is 0 Å². The van der Waals surface area contributed by atoms with E-state index < -0.39 is 5.54 Å². The van der Waals surface area contributed by atoms with Gasteiger partial charge in [-0.05, 0) is 27.7 Å². The fraction of sp³-hybridized carbons (Fsp3) is 0.692. The predicted molar refractivity (Wildman–Crippen MR) is 75.1 cm³/mol. The quantitative estimate of drug-likeness (QED) is 0.722. The highest BCUT2D eigenvalue weighted by molar-refractivity contribution is 5.58. The Morgan fingerprint density at radius 2 is 1.78 bits per heavy atom. The minimum atomic E-state index is -0.395. The molecule has 0 saturated heterocycles. The van der Waals surface area contributed by atoms with E-state index >= 15 is 0 Å². The van der Waals surface area contributed by atoms with E-state index in [1.54, 1.807) is 0 Å². The van der Waals surface area contributed by atoms with Gasteiger partial charge in [-0.15, -0.1) is 0 Å². The highest BCUT2D eigenvalue weighted by atomic mass is 16.3. The summed E-state index contributed by atoms with van der Waals surface area (Å²) in [6.45, 7) is 10.8. The summed E-state index contributed by atoms with van der Waals surface area (Å²) in [6, 6.07) is 0. The molecule has 0 fully saturated rings. The summed E-state index contributed by atoms with van der Waals surface area (Å²) < 4.78 is 0. The average Bonchev–Trinajstić information content (AvgIpc) is 2.34. The number of hydrogen-bond acceptors (Lipinski definition) is 5. The molecule has 0 unspecified atom stereocenters. The summed E-state index contributed by atoms with van der Waals surface area (Å²) in [5.41, 5.74) is 0.587. The van der Waals surface area contributed by atoms with E-state index in [0.29, 0.717) is 0 Å². The Labute approximate surface area is 109 Å². The zero-order chi connectivity index (χ0) is 13.8. The number of nitrogens with zero attached hydrogens (tertiary/aromatic N) is 2. The van der Waals surface area contributed by atoms with Crippen molar-refractivity contribution >= 4 is 11.6 Å². The van der Waals surface area contributed by atoms with Gasteiger partial charge >= 0.3 is 0 Å². The maximum absolute atomic E-state index is 9.32. The van der Waals surface area contributed by atoms with Gasteiger partial charge in [0.25, 0.3) is 0 Å². The van der Waals surface area contributed by atoms with Gasteiger partial charge in [-0.2, -0.15) is 0 Å². The van der Waals surface area contributed by atoms with Crippen LogP contribution in [0, 0.1) is 6.92 Å². The molecular formula is C13H24N4O. The van der Waals surface area contributed by atoms with Gasteiger partial charge in [-0.1, -0.05) is 6.92 Å². The van der Waals surface area contributed by atoms with Gasteiger partial charge in [0.05, 0.1) is 12.1 Å². The smallest absolute Gasteiger partial charge is 0.135 e. The fourth-order valence-corrected chi connectivity index (χ4v) is 1.54. The number of nitrogens with one attached hydrogen (secondary N) is 2. The summed E-state index contributed by atoms with van der Waals surface area (Å²) >= 11 is 0. The van der Waals surface area contributed by atoms with Crippen molar-refractivity contribution < 1.29 is 5.11 Å². The van der Waals surface area contributed by atoms with Crippen LogP contribution in [0.5, 0.6) is 0 Å². The molecule has 0 atom stereocenters.